The van der Waals surface area contributed by atoms with E-state index in [1.54, 1.807) is 0 Å². The Bertz CT molecular complexity index is 534. The summed E-state index contributed by atoms with van der Waals surface area (Å²) >= 11 is 0. The van der Waals surface area contributed by atoms with Crippen LogP contribution < -0.4 is 10.2 Å². The van der Waals surface area contributed by atoms with Gasteiger partial charge in [-0.1, -0.05) is 12.1 Å². The molecule has 0 radical (unpaired) electrons. The van der Waals surface area contributed by atoms with E-state index in [1.807, 2.05) is 12.1 Å². The summed E-state index contributed by atoms with van der Waals surface area (Å²) in [6, 6.07) is 6.13. The molecule has 0 saturated carbocycles. The Morgan fingerprint density at radius 1 is 1.14 bits per heavy atom. The largest absolute Gasteiger partial charge is 0.494 e. The molecule has 1 aromatic carbocycles. The normalized spacial score (nSPS) is 26.4. The number of rotatable bonds is 3. The van der Waals surface area contributed by atoms with Crippen molar-refractivity contribution in [1.82, 2.24) is 0 Å². The summed E-state index contributed by atoms with van der Waals surface area (Å²) in [7, 11) is -0.326. The van der Waals surface area contributed by atoms with E-state index in [0.717, 1.165) is 29.8 Å². The van der Waals surface area contributed by atoms with Gasteiger partial charge in [-0.2, -0.15) is 0 Å². The van der Waals surface area contributed by atoms with Crippen LogP contribution in [-0.4, -0.2) is 37.6 Å². The Hall–Kier alpha value is -1.04. The third-order valence-electron chi connectivity index (χ3n) is 4.91. The fraction of sp³-hybridized carbons (Fsp3) is 0.647. The minimum atomic E-state index is -0.326. The fourth-order valence-corrected chi connectivity index (χ4v) is 2.72. The van der Waals surface area contributed by atoms with Crippen LogP contribution in [0, 0.1) is 6.92 Å². The predicted molar refractivity (Wildman–Crippen MR) is 86.7 cm³/mol. The van der Waals surface area contributed by atoms with Crippen LogP contribution in [0.25, 0.3) is 0 Å². The van der Waals surface area contributed by atoms with Gasteiger partial charge in [-0.25, -0.2) is 0 Å². The van der Waals surface area contributed by atoms with E-state index in [9.17, 15) is 0 Å². The quantitative estimate of drug-likeness (QED) is 0.804. The van der Waals surface area contributed by atoms with Crippen LogP contribution in [0.3, 0.4) is 0 Å². The molecule has 1 unspecified atom stereocenters. The van der Waals surface area contributed by atoms with Crippen molar-refractivity contribution < 1.29 is 18.8 Å². The first-order chi connectivity index (χ1) is 10.3. The molecule has 3 rings (SSSR count). The molecule has 2 aliphatic rings. The maximum absolute atomic E-state index is 6.10. The summed E-state index contributed by atoms with van der Waals surface area (Å²) in [6.45, 7) is 11.8. The third kappa shape index (κ3) is 2.90. The number of aryl methyl sites for hydroxylation is 1. The van der Waals surface area contributed by atoms with Gasteiger partial charge in [-0.3, -0.25) is 0 Å². The molecule has 0 aromatic heterocycles. The number of benzene rings is 1. The van der Waals surface area contributed by atoms with Crippen molar-refractivity contribution in [2.75, 3.05) is 13.2 Å². The topological polar surface area (TPSA) is 36.9 Å². The maximum atomic E-state index is 6.10. The molecule has 0 N–H and O–H groups in total. The summed E-state index contributed by atoms with van der Waals surface area (Å²) in [5, 5.41) is 0. The molecule has 1 aromatic rings. The molecule has 0 bridgehead atoms. The fourth-order valence-electron chi connectivity index (χ4n) is 2.72. The van der Waals surface area contributed by atoms with Gasteiger partial charge in [-0.15, -0.1) is 0 Å². The van der Waals surface area contributed by atoms with Crippen LogP contribution in [0.2, 0.25) is 0 Å². The van der Waals surface area contributed by atoms with E-state index in [1.165, 1.54) is 0 Å². The third-order valence-corrected chi connectivity index (χ3v) is 4.91. The molecule has 5 heteroatoms. The second-order valence-electron chi connectivity index (χ2n) is 7.22. The van der Waals surface area contributed by atoms with Crippen molar-refractivity contribution in [3.05, 3.63) is 23.8 Å². The summed E-state index contributed by atoms with van der Waals surface area (Å²) in [4.78, 5) is 0. The molecule has 0 spiro atoms. The molecule has 0 amide bonds. The molecular formula is C17H25BO4. The van der Waals surface area contributed by atoms with E-state index < -0.39 is 0 Å². The Labute approximate surface area is 133 Å². The molecule has 4 nitrogen and oxygen atoms in total. The second kappa shape index (κ2) is 5.55. The molecule has 2 fully saturated rings. The van der Waals surface area contributed by atoms with Crippen LogP contribution in [0.15, 0.2) is 18.2 Å². The van der Waals surface area contributed by atoms with E-state index in [2.05, 4.69) is 40.7 Å². The molecule has 1 atom stereocenters. The summed E-state index contributed by atoms with van der Waals surface area (Å²) in [5.41, 5.74) is 1.49. The molecule has 2 saturated heterocycles. The highest BCUT2D eigenvalue weighted by Crippen LogP contribution is 2.36. The Morgan fingerprint density at radius 2 is 1.82 bits per heavy atom. The number of ether oxygens (including phenoxy) is 2. The zero-order valence-corrected chi connectivity index (χ0v) is 14.1. The molecule has 120 valence electrons. The standard InChI is InChI=1S/C17H25BO4/c1-12-10-13(18-21-16(2,3)17(4,5)22-18)6-7-15(12)20-14-8-9-19-11-14/h6-7,10,14H,8-9,11H2,1-5H3. The molecular weight excluding hydrogens is 279 g/mol. The lowest BCUT2D eigenvalue weighted by molar-refractivity contribution is 0.00578. The lowest BCUT2D eigenvalue weighted by Crippen LogP contribution is -2.41. The van der Waals surface area contributed by atoms with Gasteiger partial charge in [0, 0.05) is 6.42 Å². The lowest BCUT2D eigenvalue weighted by Gasteiger charge is -2.32. The highest BCUT2D eigenvalue weighted by Gasteiger charge is 2.51. The van der Waals surface area contributed by atoms with Crippen molar-refractivity contribution in [3.63, 3.8) is 0 Å². The summed E-state index contributed by atoms with van der Waals surface area (Å²) < 4.78 is 23.5. The van der Waals surface area contributed by atoms with Crippen molar-refractivity contribution in [2.45, 2.75) is 58.3 Å². The van der Waals surface area contributed by atoms with Crippen LogP contribution in [0.4, 0.5) is 0 Å². The molecule has 2 heterocycles. The average Bonchev–Trinajstić information content (AvgIpc) is 2.99. The highest BCUT2D eigenvalue weighted by atomic mass is 16.7. The van der Waals surface area contributed by atoms with Crippen molar-refractivity contribution in [2.24, 2.45) is 0 Å². The molecule has 22 heavy (non-hydrogen) atoms. The maximum Gasteiger partial charge on any atom is 0.494 e. The average molecular weight is 304 g/mol. The lowest BCUT2D eigenvalue weighted by atomic mass is 9.78. The van der Waals surface area contributed by atoms with E-state index >= 15 is 0 Å². The van der Waals surface area contributed by atoms with E-state index in [0.29, 0.717) is 6.61 Å². The van der Waals surface area contributed by atoms with Gasteiger partial charge in [0.25, 0.3) is 0 Å². The van der Waals surface area contributed by atoms with Crippen LogP contribution in [0.5, 0.6) is 5.75 Å². The number of hydrogen-bond acceptors (Lipinski definition) is 4. The minimum Gasteiger partial charge on any atom is -0.488 e. The van der Waals surface area contributed by atoms with Gasteiger partial charge < -0.3 is 18.8 Å². The van der Waals surface area contributed by atoms with Crippen LogP contribution in [0.1, 0.15) is 39.7 Å². The second-order valence-corrected chi connectivity index (χ2v) is 7.22. The highest BCUT2D eigenvalue weighted by molar-refractivity contribution is 6.62. The van der Waals surface area contributed by atoms with Gasteiger partial charge in [0.1, 0.15) is 11.9 Å². The van der Waals surface area contributed by atoms with Crippen LogP contribution >= 0.6 is 0 Å². The zero-order valence-electron chi connectivity index (χ0n) is 14.1. The predicted octanol–water partition coefficient (Wildman–Crippen LogP) is 2.46. The van der Waals surface area contributed by atoms with Crippen LogP contribution in [-0.2, 0) is 14.0 Å². The van der Waals surface area contributed by atoms with Crippen molar-refractivity contribution in [3.8, 4) is 5.75 Å². The Kier molecular flexibility index (Phi) is 4.00. The minimum absolute atomic E-state index is 0.168. The zero-order chi connectivity index (χ0) is 16.0. The van der Waals surface area contributed by atoms with Crippen molar-refractivity contribution >= 4 is 12.6 Å². The summed E-state index contributed by atoms with van der Waals surface area (Å²) in [5.74, 6) is 0.913. The van der Waals surface area contributed by atoms with Crippen molar-refractivity contribution in [1.29, 1.82) is 0 Å². The van der Waals surface area contributed by atoms with E-state index in [-0.39, 0.29) is 24.4 Å². The first-order valence-corrected chi connectivity index (χ1v) is 7.99. The first kappa shape index (κ1) is 15.8. The number of hydrogen-bond donors (Lipinski definition) is 0. The molecule has 0 aliphatic carbocycles. The van der Waals surface area contributed by atoms with Gasteiger partial charge in [0.05, 0.1) is 24.4 Å². The first-order valence-electron chi connectivity index (χ1n) is 7.99. The van der Waals surface area contributed by atoms with Gasteiger partial charge >= 0.3 is 7.12 Å². The van der Waals surface area contributed by atoms with Gasteiger partial charge in [0.15, 0.2) is 0 Å². The van der Waals surface area contributed by atoms with E-state index in [4.69, 9.17) is 18.8 Å². The molecule has 2 aliphatic heterocycles. The van der Waals surface area contributed by atoms with Gasteiger partial charge in [0.2, 0.25) is 0 Å². The Balaban J connectivity index is 1.75. The van der Waals surface area contributed by atoms with Gasteiger partial charge in [-0.05, 0) is 51.7 Å². The smallest absolute Gasteiger partial charge is 0.488 e. The monoisotopic (exact) mass is 304 g/mol. The SMILES string of the molecule is Cc1cc(B2OC(C)(C)C(C)(C)O2)ccc1OC1CCOC1. The Morgan fingerprint density at radius 3 is 2.36 bits per heavy atom. The summed E-state index contributed by atoms with van der Waals surface area (Å²) in [6.07, 6.45) is 1.12.